The number of benzene rings is 2. The molecule has 0 atom stereocenters. The third-order valence-electron chi connectivity index (χ3n) is 2.94. The number of rotatable bonds is 3. The largest absolute Gasteiger partial charge is 0.381 e. The van der Waals surface area contributed by atoms with Crippen LogP contribution >= 0.6 is 15.9 Å². The predicted octanol–water partition coefficient (Wildman–Crippen LogP) is 4.54. The minimum Gasteiger partial charge on any atom is -0.381 e. The molecular formula is C15H13BrN2. The fourth-order valence-electron chi connectivity index (χ4n) is 2.01. The summed E-state index contributed by atoms with van der Waals surface area (Å²) in [6.45, 7) is 0.825. The summed E-state index contributed by atoms with van der Waals surface area (Å²) in [5.74, 6) is 0. The molecule has 2 nitrogen and oxygen atoms in total. The molecule has 0 radical (unpaired) electrons. The highest BCUT2D eigenvalue weighted by Crippen LogP contribution is 2.18. The van der Waals surface area contributed by atoms with Crippen molar-refractivity contribution in [1.29, 1.82) is 0 Å². The molecule has 0 saturated carbocycles. The summed E-state index contributed by atoms with van der Waals surface area (Å²) in [5.41, 5.74) is 3.57. The van der Waals surface area contributed by atoms with Gasteiger partial charge in [-0.3, -0.25) is 0 Å². The molecule has 0 unspecified atom stereocenters. The summed E-state index contributed by atoms with van der Waals surface area (Å²) < 4.78 is 1.09. The molecule has 1 heterocycles. The van der Waals surface area contributed by atoms with Crippen LogP contribution < -0.4 is 5.32 Å². The Bertz CT molecular complexity index is 673. The second kappa shape index (κ2) is 4.86. The molecule has 0 aliphatic heterocycles. The fourth-order valence-corrected chi connectivity index (χ4v) is 2.41. The molecule has 90 valence electrons. The molecule has 3 aromatic rings. The predicted molar refractivity (Wildman–Crippen MR) is 79.8 cm³/mol. The van der Waals surface area contributed by atoms with Crippen molar-refractivity contribution in [3.8, 4) is 0 Å². The van der Waals surface area contributed by atoms with E-state index in [1.54, 1.807) is 0 Å². The molecule has 0 saturated heterocycles. The van der Waals surface area contributed by atoms with Crippen molar-refractivity contribution < 1.29 is 0 Å². The lowest BCUT2D eigenvalue weighted by Gasteiger charge is -2.07. The first-order valence-electron chi connectivity index (χ1n) is 5.87. The summed E-state index contributed by atoms with van der Waals surface area (Å²) >= 11 is 3.47. The van der Waals surface area contributed by atoms with Gasteiger partial charge in [0.25, 0.3) is 0 Å². The van der Waals surface area contributed by atoms with Crippen LogP contribution in [-0.4, -0.2) is 4.98 Å². The number of hydrogen-bond acceptors (Lipinski definition) is 1. The van der Waals surface area contributed by atoms with Gasteiger partial charge in [0, 0.05) is 28.4 Å². The standard InChI is InChI=1S/C15H13BrN2/c16-13-2-1-3-14(9-13)18-10-11-4-5-12-6-7-17-15(12)8-11/h1-9,17-18H,10H2. The Morgan fingerprint density at radius 3 is 2.89 bits per heavy atom. The van der Waals surface area contributed by atoms with Gasteiger partial charge in [0.1, 0.15) is 0 Å². The molecule has 0 bridgehead atoms. The van der Waals surface area contributed by atoms with Gasteiger partial charge in [-0.15, -0.1) is 0 Å². The van der Waals surface area contributed by atoms with Crippen molar-refractivity contribution in [2.45, 2.75) is 6.54 Å². The van der Waals surface area contributed by atoms with Crippen molar-refractivity contribution in [3.05, 3.63) is 64.8 Å². The van der Waals surface area contributed by atoms with E-state index >= 15 is 0 Å². The second-order valence-corrected chi connectivity index (χ2v) is 5.18. The van der Waals surface area contributed by atoms with Gasteiger partial charge in [-0.25, -0.2) is 0 Å². The number of hydrogen-bond donors (Lipinski definition) is 2. The van der Waals surface area contributed by atoms with Crippen molar-refractivity contribution >= 4 is 32.5 Å². The van der Waals surface area contributed by atoms with Crippen LogP contribution in [0.4, 0.5) is 5.69 Å². The molecule has 3 heteroatoms. The molecule has 18 heavy (non-hydrogen) atoms. The average Bonchev–Trinajstić information content (AvgIpc) is 2.84. The van der Waals surface area contributed by atoms with Crippen LogP contribution in [0.2, 0.25) is 0 Å². The Morgan fingerprint density at radius 1 is 1.06 bits per heavy atom. The molecule has 0 amide bonds. The Labute approximate surface area is 114 Å². The number of halogens is 1. The maximum atomic E-state index is 3.47. The highest BCUT2D eigenvalue weighted by atomic mass is 79.9. The first-order chi connectivity index (χ1) is 8.81. The maximum Gasteiger partial charge on any atom is 0.0457 e. The topological polar surface area (TPSA) is 27.8 Å². The van der Waals surface area contributed by atoms with Crippen LogP contribution in [0, 0.1) is 0 Å². The quantitative estimate of drug-likeness (QED) is 0.730. The highest BCUT2D eigenvalue weighted by Gasteiger charge is 1.98. The van der Waals surface area contributed by atoms with Crippen molar-refractivity contribution in [1.82, 2.24) is 4.98 Å². The number of aromatic amines is 1. The van der Waals surface area contributed by atoms with Crippen LogP contribution in [0.1, 0.15) is 5.56 Å². The molecule has 3 rings (SSSR count). The zero-order valence-corrected chi connectivity index (χ0v) is 11.4. The zero-order chi connectivity index (χ0) is 12.4. The van der Waals surface area contributed by atoms with E-state index in [1.807, 2.05) is 18.3 Å². The zero-order valence-electron chi connectivity index (χ0n) is 9.78. The third kappa shape index (κ3) is 2.41. The van der Waals surface area contributed by atoms with Gasteiger partial charge in [0.2, 0.25) is 0 Å². The summed E-state index contributed by atoms with van der Waals surface area (Å²) in [5, 5.41) is 4.67. The van der Waals surface area contributed by atoms with Crippen LogP contribution in [-0.2, 0) is 6.54 Å². The van der Waals surface area contributed by atoms with Crippen LogP contribution in [0.5, 0.6) is 0 Å². The lowest BCUT2D eigenvalue weighted by Crippen LogP contribution is -1.98. The normalized spacial score (nSPS) is 10.7. The summed E-state index contributed by atoms with van der Waals surface area (Å²) in [4.78, 5) is 3.23. The smallest absolute Gasteiger partial charge is 0.0457 e. The molecule has 0 spiro atoms. The third-order valence-corrected chi connectivity index (χ3v) is 3.43. The van der Waals surface area contributed by atoms with Crippen molar-refractivity contribution in [3.63, 3.8) is 0 Å². The van der Waals surface area contributed by atoms with E-state index in [2.05, 4.69) is 62.6 Å². The molecule has 0 aliphatic rings. The summed E-state index contributed by atoms with van der Waals surface area (Å²) in [6.07, 6.45) is 1.97. The molecule has 0 fully saturated rings. The number of nitrogens with one attached hydrogen (secondary N) is 2. The van der Waals surface area contributed by atoms with E-state index in [-0.39, 0.29) is 0 Å². The lowest BCUT2D eigenvalue weighted by molar-refractivity contribution is 1.15. The van der Waals surface area contributed by atoms with E-state index < -0.39 is 0 Å². The van der Waals surface area contributed by atoms with Gasteiger partial charge in [-0.1, -0.05) is 34.1 Å². The number of H-pyrrole nitrogens is 1. The first-order valence-corrected chi connectivity index (χ1v) is 6.66. The van der Waals surface area contributed by atoms with Gasteiger partial charge in [0.15, 0.2) is 0 Å². The van der Waals surface area contributed by atoms with E-state index in [9.17, 15) is 0 Å². The molecule has 2 aromatic carbocycles. The Balaban J connectivity index is 1.76. The molecule has 1 aromatic heterocycles. The van der Waals surface area contributed by atoms with Gasteiger partial charge < -0.3 is 10.3 Å². The van der Waals surface area contributed by atoms with E-state index in [0.717, 1.165) is 16.7 Å². The SMILES string of the molecule is Brc1cccc(NCc2ccc3cc[nH]c3c2)c1. The fraction of sp³-hybridized carbons (Fsp3) is 0.0667. The van der Waals surface area contributed by atoms with Crippen LogP contribution in [0.25, 0.3) is 10.9 Å². The molecular weight excluding hydrogens is 288 g/mol. The van der Waals surface area contributed by atoms with Gasteiger partial charge in [-0.05, 0) is 41.3 Å². The average molecular weight is 301 g/mol. The molecule has 0 aliphatic carbocycles. The van der Waals surface area contributed by atoms with Crippen LogP contribution in [0.15, 0.2) is 59.2 Å². The van der Waals surface area contributed by atoms with Gasteiger partial charge >= 0.3 is 0 Å². The highest BCUT2D eigenvalue weighted by molar-refractivity contribution is 9.10. The second-order valence-electron chi connectivity index (χ2n) is 4.26. The number of aromatic nitrogens is 1. The summed E-state index contributed by atoms with van der Waals surface area (Å²) in [6, 6.07) is 16.8. The number of anilines is 1. The Morgan fingerprint density at radius 2 is 2.00 bits per heavy atom. The Hall–Kier alpha value is -1.74. The lowest BCUT2D eigenvalue weighted by atomic mass is 10.1. The van der Waals surface area contributed by atoms with E-state index in [0.29, 0.717) is 0 Å². The Kier molecular flexibility index (Phi) is 3.07. The first kappa shape index (κ1) is 11.4. The number of fused-ring (bicyclic) bond motifs is 1. The van der Waals surface area contributed by atoms with E-state index in [4.69, 9.17) is 0 Å². The van der Waals surface area contributed by atoms with Crippen molar-refractivity contribution in [2.24, 2.45) is 0 Å². The van der Waals surface area contributed by atoms with E-state index in [1.165, 1.54) is 16.5 Å². The summed E-state index contributed by atoms with van der Waals surface area (Å²) in [7, 11) is 0. The van der Waals surface area contributed by atoms with Crippen LogP contribution in [0.3, 0.4) is 0 Å². The minimum atomic E-state index is 0.825. The minimum absolute atomic E-state index is 0.825. The maximum absolute atomic E-state index is 3.47. The van der Waals surface area contributed by atoms with Crippen molar-refractivity contribution in [2.75, 3.05) is 5.32 Å². The van der Waals surface area contributed by atoms with Gasteiger partial charge in [0.05, 0.1) is 0 Å². The van der Waals surface area contributed by atoms with Gasteiger partial charge in [-0.2, -0.15) is 0 Å². The monoisotopic (exact) mass is 300 g/mol. The molecule has 2 N–H and O–H groups in total.